The number of carbonyl (C=O) groups excluding carboxylic acids is 1. The summed E-state index contributed by atoms with van der Waals surface area (Å²) in [5.41, 5.74) is 0. The number of hydrogen-bond donors (Lipinski definition) is 2. The van der Waals surface area contributed by atoms with E-state index in [-0.39, 0.29) is 11.9 Å². The largest absolute Gasteiger partial charge is 0.379 e. The molecule has 2 N–H and O–H groups in total. The van der Waals surface area contributed by atoms with E-state index in [0.29, 0.717) is 32.3 Å². The Morgan fingerprint density at radius 3 is 3.13 bits per heavy atom. The summed E-state index contributed by atoms with van der Waals surface area (Å²) in [7, 11) is 1.61. The Kier molecular flexibility index (Phi) is 5.24. The summed E-state index contributed by atoms with van der Waals surface area (Å²) in [4.78, 5) is 22.6. The van der Waals surface area contributed by atoms with Crippen LogP contribution in [0.1, 0.15) is 12.8 Å². The van der Waals surface area contributed by atoms with Gasteiger partial charge in [-0.15, -0.1) is 0 Å². The molecule has 1 aromatic rings. The first kappa shape index (κ1) is 15.9. The molecule has 8 nitrogen and oxygen atoms in total. The van der Waals surface area contributed by atoms with Gasteiger partial charge in [0.1, 0.15) is 5.82 Å². The van der Waals surface area contributed by atoms with Crippen LogP contribution in [0, 0.1) is 0 Å². The molecule has 0 aliphatic carbocycles. The number of aromatic nitrogens is 2. The summed E-state index contributed by atoms with van der Waals surface area (Å²) >= 11 is 0. The van der Waals surface area contributed by atoms with Gasteiger partial charge in [0, 0.05) is 26.4 Å². The fraction of sp³-hybridized carbons (Fsp3) is 0.667. The predicted molar refractivity (Wildman–Crippen MR) is 85.5 cm³/mol. The molecule has 2 atom stereocenters. The Balaban J connectivity index is 1.65. The molecule has 2 saturated heterocycles. The Bertz CT molecular complexity index is 536. The molecule has 2 fully saturated rings. The maximum Gasteiger partial charge on any atom is 0.250 e. The Morgan fingerprint density at radius 1 is 1.43 bits per heavy atom. The molecule has 23 heavy (non-hydrogen) atoms. The molecule has 126 valence electrons. The minimum atomic E-state index is -0.485. The van der Waals surface area contributed by atoms with Gasteiger partial charge in [0.25, 0.3) is 5.91 Å². The number of carbonyl (C=O) groups is 1. The topological polar surface area (TPSA) is 88.6 Å². The van der Waals surface area contributed by atoms with E-state index in [4.69, 9.17) is 9.47 Å². The number of hydrogen-bond acceptors (Lipinski definition) is 7. The highest BCUT2D eigenvalue weighted by molar-refractivity contribution is 5.81. The average molecular weight is 321 g/mol. The number of amides is 1. The molecule has 2 aliphatic rings. The molecule has 0 saturated carbocycles. The second-order valence-electron chi connectivity index (χ2n) is 5.72. The molecule has 3 heterocycles. The Hall–Kier alpha value is -1.93. The quantitative estimate of drug-likeness (QED) is 0.808. The lowest BCUT2D eigenvalue weighted by Gasteiger charge is -2.32. The summed E-state index contributed by atoms with van der Waals surface area (Å²) in [6, 6.07) is 2.14. The molecule has 3 rings (SSSR count). The Morgan fingerprint density at radius 2 is 2.35 bits per heavy atom. The number of ether oxygens (including phenoxy) is 2. The SMILES string of the molecule is CNC(=O)[C@H]1CN(c2nccc(N[C@H]3CCCOC3)n2)CCO1. The number of rotatable bonds is 4. The van der Waals surface area contributed by atoms with E-state index in [1.807, 2.05) is 11.0 Å². The predicted octanol–water partition coefficient (Wildman–Crippen LogP) is 0.0187. The van der Waals surface area contributed by atoms with Gasteiger partial charge in [-0.2, -0.15) is 4.98 Å². The van der Waals surface area contributed by atoms with Crippen LogP contribution in [0.4, 0.5) is 11.8 Å². The van der Waals surface area contributed by atoms with Crippen LogP contribution >= 0.6 is 0 Å². The highest BCUT2D eigenvalue weighted by atomic mass is 16.5. The smallest absolute Gasteiger partial charge is 0.250 e. The van der Waals surface area contributed by atoms with Crippen LogP contribution in [0.2, 0.25) is 0 Å². The number of nitrogens with zero attached hydrogens (tertiary/aromatic N) is 3. The van der Waals surface area contributed by atoms with Crippen LogP contribution in [-0.4, -0.2) is 68.0 Å². The second-order valence-corrected chi connectivity index (χ2v) is 5.72. The highest BCUT2D eigenvalue weighted by Gasteiger charge is 2.27. The van der Waals surface area contributed by atoms with Crippen molar-refractivity contribution < 1.29 is 14.3 Å². The van der Waals surface area contributed by atoms with Gasteiger partial charge in [0.05, 0.1) is 25.8 Å². The maximum absolute atomic E-state index is 11.7. The monoisotopic (exact) mass is 321 g/mol. The first-order valence-electron chi connectivity index (χ1n) is 8.02. The van der Waals surface area contributed by atoms with Crippen molar-refractivity contribution >= 4 is 17.7 Å². The van der Waals surface area contributed by atoms with Gasteiger partial charge in [-0.1, -0.05) is 0 Å². The molecule has 2 aliphatic heterocycles. The summed E-state index contributed by atoms with van der Waals surface area (Å²) < 4.78 is 11.0. The van der Waals surface area contributed by atoms with Gasteiger partial charge in [-0.25, -0.2) is 4.98 Å². The lowest BCUT2D eigenvalue weighted by atomic mass is 10.1. The van der Waals surface area contributed by atoms with Crippen molar-refractivity contribution in [2.24, 2.45) is 0 Å². The third kappa shape index (κ3) is 4.08. The summed E-state index contributed by atoms with van der Waals surface area (Å²) in [5, 5.41) is 6.01. The van der Waals surface area contributed by atoms with Crippen molar-refractivity contribution in [3.8, 4) is 0 Å². The minimum absolute atomic E-state index is 0.122. The van der Waals surface area contributed by atoms with E-state index < -0.39 is 6.10 Å². The second kappa shape index (κ2) is 7.56. The van der Waals surface area contributed by atoms with Gasteiger partial charge < -0.3 is 25.0 Å². The summed E-state index contributed by atoms with van der Waals surface area (Å²) in [6.45, 7) is 3.15. The number of morpholine rings is 1. The number of nitrogens with one attached hydrogen (secondary N) is 2. The molecular weight excluding hydrogens is 298 g/mol. The van der Waals surface area contributed by atoms with Crippen LogP contribution < -0.4 is 15.5 Å². The molecule has 0 aromatic carbocycles. The van der Waals surface area contributed by atoms with Crippen molar-refractivity contribution in [3.63, 3.8) is 0 Å². The molecule has 0 spiro atoms. The van der Waals surface area contributed by atoms with Crippen LogP contribution in [-0.2, 0) is 14.3 Å². The van der Waals surface area contributed by atoms with Gasteiger partial charge >= 0.3 is 0 Å². The fourth-order valence-electron chi connectivity index (χ4n) is 2.80. The average Bonchev–Trinajstić information content (AvgIpc) is 2.62. The zero-order chi connectivity index (χ0) is 16.1. The fourth-order valence-corrected chi connectivity index (χ4v) is 2.80. The molecule has 1 amide bonds. The zero-order valence-corrected chi connectivity index (χ0v) is 13.3. The molecule has 0 unspecified atom stereocenters. The molecule has 0 bridgehead atoms. The van der Waals surface area contributed by atoms with Crippen LogP contribution in [0.25, 0.3) is 0 Å². The van der Waals surface area contributed by atoms with Gasteiger partial charge in [0.15, 0.2) is 6.10 Å². The van der Waals surface area contributed by atoms with Crippen LogP contribution in [0.15, 0.2) is 12.3 Å². The highest BCUT2D eigenvalue weighted by Crippen LogP contribution is 2.17. The lowest BCUT2D eigenvalue weighted by molar-refractivity contribution is -0.132. The van der Waals surface area contributed by atoms with E-state index >= 15 is 0 Å². The van der Waals surface area contributed by atoms with Crippen molar-refractivity contribution in [3.05, 3.63) is 12.3 Å². The molecular formula is C15H23N5O3. The Labute approximate surface area is 135 Å². The van der Waals surface area contributed by atoms with E-state index in [2.05, 4.69) is 20.6 Å². The number of anilines is 2. The molecule has 1 aromatic heterocycles. The van der Waals surface area contributed by atoms with E-state index in [9.17, 15) is 4.79 Å². The first-order valence-corrected chi connectivity index (χ1v) is 8.02. The van der Waals surface area contributed by atoms with E-state index in [1.165, 1.54) is 0 Å². The standard InChI is InChI=1S/C15H23N5O3/c1-16-14(21)12-9-20(6-8-23-12)15-17-5-4-13(19-15)18-11-3-2-7-22-10-11/h4-5,11-12H,2-3,6-10H2,1H3,(H,16,21)(H,17,18,19)/t11-,12+/m0/s1. The minimum Gasteiger partial charge on any atom is -0.379 e. The normalized spacial score (nSPS) is 25.0. The van der Waals surface area contributed by atoms with E-state index in [0.717, 1.165) is 25.3 Å². The van der Waals surface area contributed by atoms with Gasteiger partial charge in [0.2, 0.25) is 5.95 Å². The third-order valence-electron chi connectivity index (χ3n) is 4.04. The van der Waals surface area contributed by atoms with Crippen LogP contribution in [0.5, 0.6) is 0 Å². The van der Waals surface area contributed by atoms with Gasteiger partial charge in [-0.05, 0) is 18.9 Å². The zero-order valence-electron chi connectivity index (χ0n) is 13.3. The first-order chi connectivity index (χ1) is 11.3. The number of likely N-dealkylation sites (N-methyl/N-ethyl adjacent to an activating group) is 1. The molecule has 8 heteroatoms. The molecule has 0 radical (unpaired) electrons. The van der Waals surface area contributed by atoms with E-state index in [1.54, 1.807) is 13.2 Å². The third-order valence-corrected chi connectivity index (χ3v) is 4.04. The lowest BCUT2D eigenvalue weighted by Crippen LogP contribution is -2.49. The van der Waals surface area contributed by atoms with Crippen LogP contribution in [0.3, 0.4) is 0 Å². The van der Waals surface area contributed by atoms with Crippen molar-refractivity contribution in [2.45, 2.75) is 25.0 Å². The van der Waals surface area contributed by atoms with Crippen molar-refractivity contribution in [2.75, 3.05) is 50.2 Å². The van der Waals surface area contributed by atoms with Crippen molar-refractivity contribution in [1.82, 2.24) is 15.3 Å². The van der Waals surface area contributed by atoms with Gasteiger partial charge in [-0.3, -0.25) is 4.79 Å². The summed E-state index contributed by atoms with van der Waals surface area (Å²) in [5.74, 6) is 1.28. The maximum atomic E-state index is 11.7. The summed E-state index contributed by atoms with van der Waals surface area (Å²) in [6.07, 6.45) is 3.39. The van der Waals surface area contributed by atoms with Crippen molar-refractivity contribution in [1.29, 1.82) is 0 Å².